The average molecular weight is 222 g/mol. The van der Waals surface area contributed by atoms with E-state index in [4.69, 9.17) is 9.47 Å². The summed E-state index contributed by atoms with van der Waals surface area (Å²) in [5.41, 5.74) is 2.55. The smallest absolute Gasteiger partial charge is 0.138 e. The Morgan fingerprint density at radius 1 is 1.38 bits per heavy atom. The summed E-state index contributed by atoms with van der Waals surface area (Å²) >= 11 is 0. The molecule has 0 amide bonds. The zero-order valence-corrected chi connectivity index (χ0v) is 9.66. The fourth-order valence-corrected chi connectivity index (χ4v) is 2.47. The Balaban J connectivity index is 1.80. The number of fused-ring (bicyclic) bond motifs is 1. The largest absolute Gasteiger partial charge is 0.376 e. The van der Waals surface area contributed by atoms with Crippen LogP contribution < -0.4 is 0 Å². The standard InChI is InChI=1S/C12H18N2O2/c1-8-2-3-9-10(6-8)14-12(13-9)11-7-15-4-5-16-11/h8,11H,2-7H2,1H3,(H,13,14). The van der Waals surface area contributed by atoms with Crippen molar-refractivity contribution in [2.75, 3.05) is 19.8 Å². The molecule has 4 heteroatoms. The Labute approximate surface area is 95.4 Å². The molecular weight excluding hydrogens is 204 g/mol. The number of imidazole rings is 1. The third-order valence-corrected chi connectivity index (χ3v) is 3.43. The molecule has 0 aromatic carbocycles. The van der Waals surface area contributed by atoms with Crippen LogP contribution in [-0.4, -0.2) is 29.8 Å². The normalized spacial score (nSPS) is 30.1. The van der Waals surface area contributed by atoms with Crippen LogP contribution in [0, 0.1) is 5.92 Å². The van der Waals surface area contributed by atoms with Gasteiger partial charge in [-0.05, 0) is 25.2 Å². The fraction of sp³-hybridized carbons (Fsp3) is 0.750. The number of nitrogens with one attached hydrogen (secondary N) is 1. The van der Waals surface area contributed by atoms with Crippen molar-refractivity contribution in [2.45, 2.75) is 32.3 Å². The van der Waals surface area contributed by atoms with Crippen LogP contribution in [0.5, 0.6) is 0 Å². The highest BCUT2D eigenvalue weighted by Gasteiger charge is 2.24. The highest BCUT2D eigenvalue weighted by Crippen LogP contribution is 2.26. The van der Waals surface area contributed by atoms with Crippen LogP contribution in [0.2, 0.25) is 0 Å². The lowest BCUT2D eigenvalue weighted by Crippen LogP contribution is -2.22. The minimum Gasteiger partial charge on any atom is -0.376 e. The van der Waals surface area contributed by atoms with Crippen molar-refractivity contribution >= 4 is 0 Å². The molecule has 1 aromatic rings. The minimum atomic E-state index is 0.00894. The number of hydrogen-bond acceptors (Lipinski definition) is 3. The van der Waals surface area contributed by atoms with E-state index < -0.39 is 0 Å². The molecule has 2 unspecified atom stereocenters. The molecule has 0 saturated carbocycles. The van der Waals surface area contributed by atoms with Crippen molar-refractivity contribution in [3.8, 4) is 0 Å². The van der Waals surface area contributed by atoms with Crippen molar-refractivity contribution in [3.05, 3.63) is 17.2 Å². The van der Waals surface area contributed by atoms with Crippen LogP contribution in [0.1, 0.15) is 36.7 Å². The van der Waals surface area contributed by atoms with E-state index in [2.05, 4.69) is 16.9 Å². The van der Waals surface area contributed by atoms with Gasteiger partial charge in [-0.15, -0.1) is 0 Å². The topological polar surface area (TPSA) is 47.1 Å². The number of hydrogen-bond donors (Lipinski definition) is 1. The lowest BCUT2D eigenvalue weighted by molar-refractivity contribution is -0.0933. The molecule has 3 rings (SSSR count). The summed E-state index contributed by atoms with van der Waals surface area (Å²) in [6.45, 7) is 4.30. The third kappa shape index (κ3) is 1.87. The third-order valence-electron chi connectivity index (χ3n) is 3.43. The number of H-pyrrole nitrogens is 1. The Hall–Kier alpha value is -0.870. The molecule has 4 nitrogen and oxygen atoms in total. The number of aromatic amines is 1. The number of nitrogens with zero attached hydrogens (tertiary/aromatic N) is 1. The lowest BCUT2D eigenvalue weighted by atomic mass is 9.92. The van der Waals surface area contributed by atoms with Gasteiger partial charge in [-0.25, -0.2) is 4.98 Å². The molecule has 1 N–H and O–H groups in total. The monoisotopic (exact) mass is 222 g/mol. The van der Waals surface area contributed by atoms with E-state index in [0.717, 1.165) is 24.6 Å². The zero-order chi connectivity index (χ0) is 11.0. The van der Waals surface area contributed by atoms with Crippen molar-refractivity contribution < 1.29 is 9.47 Å². The van der Waals surface area contributed by atoms with Gasteiger partial charge < -0.3 is 14.5 Å². The highest BCUT2D eigenvalue weighted by atomic mass is 16.6. The first kappa shape index (κ1) is 10.3. The summed E-state index contributed by atoms with van der Waals surface area (Å²) in [6.07, 6.45) is 3.48. The van der Waals surface area contributed by atoms with Gasteiger partial charge in [0.15, 0.2) is 0 Å². The highest BCUT2D eigenvalue weighted by molar-refractivity contribution is 5.19. The first-order chi connectivity index (χ1) is 7.83. The van der Waals surface area contributed by atoms with Crippen LogP contribution in [0.25, 0.3) is 0 Å². The fourth-order valence-electron chi connectivity index (χ4n) is 2.47. The SMILES string of the molecule is CC1CCc2nc(C3COCCO3)[nH]c2C1. The predicted octanol–water partition coefficient (Wildman–Crippen LogP) is 1.62. The quantitative estimate of drug-likeness (QED) is 0.785. The summed E-state index contributed by atoms with van der Waals surface area (Å²) in [5, 5.41) is 0. The molecule has 1 aliphatic carbocycles. The Kier molecular flexibility index (Phi) is 2.69. The first-order valence-corrected chi connectivity index (χ1v) is 6.10. The second-order valence-corrected chi connectivity index (χ2v) is 4.83. The van der Waals surface area contributed by atoms with Gasteiger partial charge >= 0.3 is 0 Å². The van der Waals surface area contributed by atoms with E-state index in [1.54, 1.807) is 0 Å². The zero-order valence-electron chi connectivity index (χ0n) is 9.66. The summed E-state index contributed by atoms with van der Waals surface area (Å²) in [6, 6.07) is 0. The lowest BCUT2D eigenvalue weighted by Gasteiger charge is -2.20. The molecule has 0 radical (unpaired) electrons. The number of ether oxygens (including phenoxy) is 2. The van der Waals surface area contributed by atoms with Gasteiger partial charge in [0.25, 0.3) is 0 Å². The molecule has 2 atom stereocenters. The van der Waals surface area contributed by atoms with Crippen LogP contribution in [0.4, 0.5) is 0 Å². The van der Waals surface area contributed by atoms with Gasteiger partial charge in [-0.1, -0.05) is 6.92 Å². The van der Waals surface area contributed by atoms with Crippen molar-refractivity contribution in [2.24, 2.45) is 5.92 Å². The summed E-state index contributed by atoms with van der Waals surface area (Å²) in [5.74, 6) is 1.73. The number of aryl methyl sites for hydroxylation is 1. The van der Waals surface area contributed by atoms with Gasteiger partial charge in [0.2, 0.25) is 0 Å². The summed E-state index contributed by atoms with van der Waals surface area (Å²) in [7, 11) is 0. The van der Waals surface area contributed by atoms with E-state index in [0.29, 0.717) is 19.8 Å². The average Bonchev–Trinajstić information content (AvgIpc) is 2.73. The van der Waals surface area contributed by atoms with E-state index in [9.17, 15) is 0 Å². The van der Waals surface area contributed by atoms with Gasteiger partial charge in [0, 0.05) is 5.69 Å². The van der Waals surface area contributed by atoms with Crippen molar-refractivity contribution in [1.29, 1.82) is 0 Å². The molecule has 2 aliphatic rings. The van der Waals surface area contributed by atoms with Gasteiger partial charge in [0.05, 0.1) is 25.5 Å². The molecule has 1 aliphatic heterocycles. The molecule has 1 fully saturated rings. The molecule has 0 spiro atoms. The molecule has 1 saturated heterocycles. The molecule has 16 heavy (non-hydrogen) atoms. The van der Waals surface area contributed by atoms with Crippen molar-refractivity contribution in [1.82, 2.24) is 9.97 Å². The van der Waals surface area contributed by atoms with Gasteiger partial charge in [0.1, 0.15) is 11.9 Å². The molecule has 1 aromatic heterocycles. The maximum Gasteiger partial charge on any atom is 0.138 e. The maximum absolute atomic E-state index is 5.65. The number of rotatable bonds is 1. The first-order valence-electron chi connectivity index (χ1n) is 6.10. The van der Waals surface area contributed by atoms with Crippen LogP contribution in [0.3, 0.4) is 0 Å². The maximum atomic E-state index is 5.65. The van der Waals surface area contributed by atoms with E-state index in [1.165, 1.54) is 17.8 Å². The van der Waals surface area contributed by atoms with E-state index >= 15 is 0 Å². The second kappa shape index (κ2) is 4.18. The van der Waals surface area contributed by atoms with Crippen molar-refractivity contribution in [3.63, 3.8) is 0 Å². The Bertz CT molecular complexity index is 369. The summed E-state index contributed by atoms with van der Waals surface area (Å²) in [4.78, 5) is 8.07. The Morgan fingerprint density at radius 2 is 2.31 bits per heavy atom. The van der Waals surface area contributed by atoms with E-state index in [-0.39, 0.29) is 6.10 Å². The molecule has 88 valence electrons. The van der Waals surface area contributed by atoms with Crippen LogP contribution in [0.15, 0.2) is 0 Å². The van der Waals surface area contributed by atoms with E-state index in [1.807, 2.05) is 0 Å². The predicted molar refractivity (Wildman–Crippen MR) is 59.3 cm³/mol. The minimum absolute atomic E-state index is 0.00894. The Morgan fingerprint density at radius 3 is 3.12 bits per heavy atom. The second-order valence-electron chi connectivity index (χ2n) is 4.83. The van der Waals surface area contributed by atoms with Gasteiger partial charge in [-0.3, -0.25) is 0 Å². The summed E-state index contributed by atoms with van der Waals surface area (Å²) < 4.78 is 11.1. The molecule has 2 heterocycles. The van der Waals surface area contributed by atoms with Crippen LogP contribution >= 0.6 is 0 Å². The van der Waals surface area contributed by atoms with Crippen LogP contribution in [-0.2, 0) is 22.3 Å². The van der Waals surface area contributed by atoms with Gasteiger partial charge in [-0.2, -0.15) is 0 Å². The number of aromatic nitrogens is 2. The molecule has 0 bridgehead atoms. The molecular formula is C12H18N2O2.